The van der Waals surface area contributed by atoms with E-state index in [1.807, 2.05) is 13.0 Å². The van der Waals surface area contributed by atoms with Gasteiger partial charge in [-0.15, -0.1) is 11.6 Å². The van der Waals surface area contributed by atoms with E-state index in [9.17, 15) is 4.39 Å². The van der Waals surface area contributed by atoms with Gasteiger partial charge in [0.15, 0.2) is 11.5 Å². The van der Waals surface area contributed by atoms with Crippen molar-refractivity contribution >= 4 is 23.2 Å². The average molecular weight is 329 g/mol. The summed E-state index contributed by atoms with van der Waals surface area (Å²) in [4.78, 5) is 0. The summed E-state index contributed by atoms with van der Waals surface area (Å²) in [5, 5.41) is -0.611. The fraction of sp³-hybridized carbons (Fsp3) is 0.250. The highest BCUT2D eigenvalue weighted by atomic mass is 35.5. The van der Waals surface area contributed by atoms with Crippen molar-refractivity contribution in [3.05, 3.63) is 57.9 Å². The van der Waals surface area contributed by atoms with Gasteiger partial charge in [0.2, 0.25) is 0 Å². The first-order chi connectivity index (χ1) is 9.99. The maximum atomic E-state index is 14.1. The fourth-order valence-corrected chi connectivity index (χ4v) is 2.74. The lowest BCUT2D eigenvalue weighted by Gasteiger charge is -2.17. The summed E-state index contributed by atoms with van der Waals surface area (Å²) in [6.07, 6.45) is 0. The molecule has 0 aliphatic rings. The minimum atomic E-state index is -0.663. The summed E-state index contributed by atoms with van der Waals surface area (Å²) in [7, 11) is 3.10. The zero-order valence-electron chi connectivity index (χ0n) is 11.9. The molecule has 0 spiro atoms. The fourth-order valence-electron chi connectivity index (χ4n) is 2.15. The molecule has 2 nitrogen and oxygen atoms in total. The standard InChI is InChI=1S/C16H15Cl2FO2/c1-9-7-13(20-2)14(21-3)8-11(9)15(18)10-5-4-6-12(17)16(10)19/h4-8,15H,1-3H3. The zero-order valence-corrected chi connectivity index (χ0v) is 13.4. The molecule has 2 rings (SSSR count). The van der Waals surface area contributed by atoms with Crippen molar-refractivity contribution in [2.24, 2.45) is 0 Å². The van der Waals surface area contributed by atoms with E-state index in [1.165, 1.54) is 6.07 Å². The van der Waals surface area contributed by atoms with Crippen molar-refractivity contribution in [1.29, 1.82) is 0 Å². The molecular weight excluding hydrogens is 314 g/mol. The smallest absolute Gasteiger partial charge is 0.161 e. The lowest BCUT2D eigenvalue weighted by atomic mass is 9.99. The van der Waals surface area contributed by atoms with E-state index in [4.69, 9.17) is 32.7 Å². The maximum Gasteiger partial charge on any atom is 0.161 e. The van der Waals surface area contributed by atoms with Gasteiger partial charge in [-0.3, -0.25) is 0 Å². The molecule has 5 heteroatoms. The Bertz CT molecular complexity index is 659. The van der Waals surface area contributed by atoms with Gasteiger partial charge in [-0.1, -0.05) is 23.7 Å². The predicted octanol–water partition coefficient (Wildman–Crippen LogP) is 5.13. The molecule has 2 aromatic carbocycles. The molecule has 0 amide bonds. The summed E-state index contributed by atoms with van der Waals surface area (Å²) in [6.45, 7) is 1.88. The molecule has 0 fully saturated rings. The van der Waals surface area contributed by atoms with E-state index in [-0.39, 0.29) is 5.02 Å². The minimum Gasteiger partial charge on any atom is -0.493 e. The summed E-state index contributed by atoms with van der Waals surface area (Å²) >= 11 is 12.3. The van der Waals surface area contributed by atoms with Crippen LogP contribution in [0.25, 0.3) is 0 Å². The number of hydrogen-bond donors (Lipinski definition) is 0. The Hall–Kier alpha value is -1.45. The third-order valence-electron chi connectivity index (χ3n) is 3.30. The van der Waals surface area contributed by atoms with Crippen molar-refractivity contribution in [2.45, 2.75) is 12.3 Å². The molecular formula is C16H15Cl2FO2. The highest BCUT2D eigenvalue weighted by Gasteiger charge is 2.21. The number of ether oxygens (including phenoxy) is 2. The number of benzene rings is 2. The van der Waals surface area contributed by atoms with Crippen LogP contribution in [0, 0.1) is 12.7 Å². The topological polar surface area (TPSA) is 18.5 Å². The Morgan fingerprint density at radius 3 is 2.29 bits per heavy atom. The summed E-state index contributed by atoms with van der Waals surface area (Å²) in [6, 6.07) is 8.35. The van der Waals surface area contributed by atoms with Crippen LogP contribution in [0.3, 0.4) is 0 Å². The van der Waals surface area contributed by atoms with Gasteiger partial charge >= 0.3 is 0 Å². The first-order valence-electron chi connectivity index (χ1n) is 6.30. The molecule has 112 valence electrons. The molecule has 0 saturated heterocycles. The quantitative estimate of drug-likeness (QED) is 0.724. The Labute approximate surface area is 133 Å². The van der Waals surface area contributed by atoms with E-state index < -0.39 is 11.2 Å². The molecule has 0 bridgehead atoms. The van der Waals surface area contributed by atoms with Crippen LogP contribution in [0.15, 0.2) is 30.3 Å². The van der Waals surface area contributed by atoms with Gasteiger partial charge in [0.05, 0.1) is 24.6 Å². The van der Waals surface area contributed by atoms with E-state index in [2.05, 4.69) is 0 Å². The van der Waals surface area contributed by atoms with E-state index in [0.29, 0.717) is 17.1 Å². The van der Waals surface area contributed by atoms with E-state index in [0.717, 1.165) is 11.1 Å². The first kappa shape index (κ1) is 15.9. The van der Waals surface area contributed by atoms with E-state index >= 15 is 0 Å². The van der Waals surface area contributed by atoms with Gasteiger partial charge in [0.1, 0.15) is 5.82 Å². The van der Waals surface area contributed by atoms with Crippen LogP contribution in [0.1, 0.15) is 22.1 Å². The number of aryl methyl sites for hydroxylation is 1. The highest BCUT2D eigenvalue weighted by molar-refractivity contribution is 6.31. The normalized spacial score (nSPS) is 12.1. The third-order valence-corrected chi connectivity index (χ3v) is 4.06. The largest absolute Gasteiger partial charge is 0.493 e. The Kier molecular flexibility index (Phi) is 4.96. The predicted molar refractivity (Wildman–Crippen MR) is 83.4 cm³/mol. The van der Waals surface area contributed by atoms with E-state index in [1.54, 1.807) is 32.4 Å². The van der Waals surface area contributed by atoms with Crippen LogP contribution in [-0.2, 0) is 0 Å². The summed E-state index contributed by atoms with van der Waals surface area (Å²) in [5.41, 5.74) is 1.96. The maximum absolute atomic E-state index is 14.1. The van der Waals surface area contributed by atoms with Gasteiger partial charge < -0.3 is 9.47 Å². The number of methoxy groups -OCH3 is 2. The lowest BCUT2D eigenvalue weighted by molar-refractivity contribution is 0.354. The molecule has 1 unspecified atom stereocenters. The molecule has 2 aromatic rings. The number of alkyl halides is 1. The van der Waals surface area contributed by atoms with Crippen molar-refractivity contribution in [3.8, 4) is 11.5 Å². The Morgan fingerprint density at radius 1 is 1.05 bits per heavy atom. The van der Waals surface area contributed by atoms with Gasteiger partial charge in [-0.25, -0.2) is 4.39 Å². The van der Waals surface area contributed by atoms with Gasteiger partial charge in [-0.2, -0.15) is 0 Å². The van der Waals surface area contributed by atoms with Crippen LogP contribution in [0.4, 0.5) is 4.39 Å². The second-order valence-electron chi connectivity index (χ2n) is 4.57. The lowest BCUT2D eigenvalue weighted by Crippen LogP contribution is -2.02. The van der Waals surface area contributed by atoms with Crippen LogP contribution >= 0.6 is 23.2 Å². The summed E-state index contributed by atoms with van der Waals surface area (Å²) in [5.74, 6) is 0.647. The molecule has 21 heavy (non-hydrogen) atoms. The summed E-state index contributed by atoms with van der Waals surface area (Å²) < 4.78 is 24.6. The third kappa shape index (κ3) is 3.09. The molecule has 0 radical (unpaired) electrons. The highest BCUT2D eigenvalue weighted by Crippen LogP contribution is 2.39. The van der Waals surface area contributed by atoms with Gasteiger partial charge in [-0.05, 0) is 36.2 Å². The molecule has 0 heterocycles. The number of hydrogen-bond acceptors (Lipinski definition) is 2. The van der Waals surface area contributed by atoms with Crippen LogP contribution in [0.5, 0.6) is 11.5 Å². The monoisotopic (exact) mass is 328 g/mol. The van der Waals surface area contributed by atoms with Crippen LogP contribution < -0.4 is 9.47 Å². The molecule has 0 aliphatic carbocycles. The van der Waals surface area contributed by atoms with Gasteiger partial charge in [0.25, 0.3) is 0 Å². The zero-order chi connectivity index (χ0) is 15.6. The second kappa shape index (κ2) is 6.54. The first-order valence-corrected chi connectivity index (χ1v) is 7.11. The van der Waals surface area contributed by atoms with Crippen LogP contribution in [0.2, 0.25) is 5.02 Å². The molecule has 0 saturated carbocycles. The number of rotatable bonds is 4. The SMILES string of the molecule is COc1cc(C)c(C(Cl)c2cccc(Cl)c2F)cc1OC. The number of halogens is 3. The molecule has 0 aliphatic heterocycles. The molecule has 1 atom stereocenters. The average Bonchev–Trinajstić information content (AvgIpc) is 2.49. The molecule has 0 aromatic heterocycles. The van der Waals surface area contributed by atoms with Crippen LogP contribution in [-0.4, -0.2) is 14.2 Å². The van der Waals surface area contributed by atoms with Crippen molar-refractivity contribution in [1.82, 2.24) is 0 Å². The van der Waals surface area contributed by atoms with Crippen molar-refractivity contribution in [2.75, 3.05) is 14.2 Å². The molecule has 0 N–H and O–H groups in total. The Balaban J connectivity index is 2.53. The van der Waals surface area contributed by atoms with Crippen molar-refractivity contribution in [3.63, 3.8) is 0 Å². The van der Waals surface area contributed by atoms with Crippen molar-refractivity contribution < 1.29 is 13.9 Å². The second-order valence-corrected chi connectivity index (χ2v) is 5.41. The Morgan fingerprint density at radius 2 is 1.67 bits per heavy atom. The van der Waals surface area contributed by atoms with Gasteiger partial charge in [0, 0.05) is 5.56 Å². The minimum absolute atomic E-state index is 0.0521.